The van der Waals surface area contributed by atoms with Gasteiger partial charge >= 0.3 is 0 Å². The van der Waals surface area contributed by atoms with E-state index in [2.05, 4.69) is 6.58 Å². The van der Waals surface area contributed by atoms with Crippen LogP contribution in [0.1, 0.15) is 39.0 Å². The lowest BCUT2D eigenvalue weighted by Crippen LogP contribution is -2.42. The fraction of sp³-hybridized carbons (Fsp3) is 0.733. The average Bonchev–Trinajstić information content (AvgIpc) is 2.52. The normalized spacial score (nSPS) is 23.3. The van der Waals surface area contributed by atoms with E-state index in [1.54, 1.807) is 0 Å². The summed E-state index contributed by atoms with van der Waals surface area (Å²) >= 11 is 24.4. The first-order chi connectivity index (χ1) is 11.2. The van der Waals surface area contributed by atoms with Crippen LogP contribution in [0.4, 0.5) is 0 Å². The Kier molecular flexibility index (Phi) is 9.84. The lowest BCUT2D eigenvalue weighted by molar-refractivity contribution is 0.352. The molecule has 2 atom stereocenters. The lowest BCUT2D eigenvalue weighted by Gasteiger charge is -2.35. The topological polar surface area (TPSA) is 37.4 Å². The van der Waals surface area contributed by atoms with Gasteiger partial charge in [-0.3, -0.25) is 0 Å². The molecule has 1 fully saturated rings. The quantitative estimate of drug-likeness (QED) is 0.246. The molecule has 0 aromatic rings. The summed E-state index contributed by atoms with van der Waals surface area (Å²) in [6, 6.07) is 0. The minimum atomic E-state index is -3.63. The van der Waals surface area contributed by atoms with Gasteiger partial charge in [-0.2, -0.15) is 0 Å². The maximum absolute atomic E-state index is 13.2. The molecule has 0 saturated heterocycles. The Morgan fingerprint density at radius 3 is 2.50 bits per heavy atom. The number of nitrogens with zero attached hydrogens (tertiary/aromatic N) is 1. The van der Waals surface area contributed by atoms with Crippen LogP contribution in [0.5, 0.6) is 0 Å². The smallest absolute Gasteiger partial charge is 0.211 e. The highest BCUT2D eigenvalue weighted by Crippen LogP contribution is 2.47. The van der Waals surface area contributed by atoms with Crippen molar-refractivity contribution in [2.45, 2.75) is 52.8 Å². The van der Waals surface area contributed by atoms with Gasteiger partial charge in [-0.25, -0.2) is 8.42 Å². The number of halogens is 4. The molecule has 0 heterocycles. The van der Waals surface area contributed by atoms with Crippen LogP contribution >= 0.6 is 58.4 Å². The molecule has 3 nitrogen and oxygen atoms in total. The molecular formula is C15H23Cl4NO2S2. The summed E-state index contributed by atoms with van der Waals surface area (Å²) in [5, 5.41) is -0.469. The van der Waals surface area contributed by atoms with Gasteiger partial charge in [0.05, 0.1) is 5.25 Å². The van der Waals surface area contributed by atoms with Gasteiger partial charge in [0, 0.05) is 6.54 Å². The molecule has 0 bridgehead atoms. The molecule has 0 aromatic carbocycles. The number of sulfonamides is 1. The van der Waals surface area contributed by atoms with Crippen molar-refractivity contribution in [3.63, 3.8) is 0 Å². The fourth-order valence-corrected chi connectivity index (χ4v) is 7.20. The Bertz CT molecular complexity index is 538. The summed E-state index contributed by atoms with van der Waals surface area (Å²) in [6.07, 6.45) is 9.66. The zero-order valence-corrected chi connectivity index (χ0v) is 18.2. The number of hydrogen-bond donors (Lipinski definition) is 0. The summed E-state index contributed by atoms with van der Waals surface area (Å²) in [5.41, 5.74) is 0. The van der Waals surface area contributed by atoms with Crippen molar-refractivity contribution in [3.8, 4) is 0 Å². The van der Waals surface area contributed by atoms with Crippen molar-refractivity contribution in [2.24, 2.45) is 5.92 Å². The van der Waals surface area contributed by atoms with Gasteiger partial charge in [0.1, 0.15) is 0 Å². The highest BCUT2D eigenvalue weighted by Gasteiger charge is 2.44. The Balaban J connectivity index is 3.07. The predicted octanol–water partition coefficient (Wildman–Crippen LogP) is 5.91. The second kappa shape index (κ2) is 10.3. The van der Waals surface area contributed by atoms with Gasteiger partial charge in [-0.15, -0.1) is 33.5 Å². The molecule has 24 heavy (non-hydrogen) atoms. The first kappa shape index (κ1) is 22.9. The van der Waals surface area contributed by atoms with Crippen LogP contribution in [0, 0.1) is 5.92 Å². The maximum Gasteiger partial charge on any atom is 0.226 e. The first-order valence-electron chi connectivity index (χ1n) is 7.75. The van der Waals surface area contributed by atoms with Crippen molar-refractivity contribution in [2.75, 3.05) is 6.54 Å². The van der Waals surface area contributed by atoms with Crippen molar-refractivity contribution in [1.82, 2.24) is 3.71 Å². The maximum atomic E-state index is 13.2. The predicted molar refractivity (Wildman–Crippen MR) is 109 cm³/mol. The number of hydrogen-bond acceptors (Lipinski definition) is 3. The molecular weight excluding hydrogens is 432 g/mol. The van der Waals surface area contributed by atoms with Gasteiger partial charge in [0.15, 0.2) is 4.84 Å². The van der Waals surface area contributed by atoms with E-state index >= 15 is 0 Å². The summed E-state index contributed by atoms with van der Waals surface area (Å²) in [5.74, 6) is 0.0794. The zero-order valence-electron chi connectivity index (χ0n) is 13.5. The SMILES string of the molecule is C=CCN(SC(Cl)(Cl)C(Cl)Cl)S(=O)(=O)C1CCCCC1CC=CC. The summed E-state index contributed by atoms with van der Waals surface area (Å²) in [6.45, 7) is 5.64. The Labute approximate surface area is 169 Å². The molecule has 1 aliphatic rings. The van der Waals surface area contributed by atoms with E-state index in [9.17, 15) is 8.42 Å². The molecule has 1 aliphatic carbocycles. The van der Waals surface area contributed by atoms with E-state index in [-0.39, 0.29) is 12.5 Å². The molecule has 0 amide bonds. The molecule has 1 saturated carbocycles. The molecule has 0 aliphatic heterocycles. The van der Waals surface area contributed by atoms with Gasteiger partial charge in [-0.1, -0.05) is 54.3 Å². The minimum absolute atomic E-state index is 0.0794. The van der Waals surface area contributed by atoms with Crippen molar-refractivity contribution in [1.29, 1.82) is 0 Å². The number of allylic oxidation sites excluding steroid dienone is 2. The van der Waals surface area contributed by atoms with E-state index in [1.807, 2.05) is 19.1 Å². The molecule has 0 spiro atoms. The van der Waals surface area contributed by atoms with Gasteiger partial charge in [0.25, 0.3) is 0 Å². The lowest BCUT2D eigenvalue weighted by atomic mass is 9.86. The molecule has 0 radical (unpaired) electrons. The highest BCUT2D eigenvalue weighted by molar-refractivity contribution is 8.11. The number of rotatable bonds is 9. The monoisotopic (exact) mass is 453 g/mol. The van der Waals surface area contributed by atoms with E-state index in [0.29, 0.717) is 6.42 Å². The van der Waals surface area contributed by atoms with Gasteiger partial charge in [-0.05, 0) is 44.1 Å². The summed E-state index contributed by atoms with van der Waals surface area (Å²) in [4.78, 5) is -1.14. The van der Waals surface area contributed by atoms with E-state index < -0.39 is 23.8 Å². The molecule has 1 rings (SSSR count). The van der Waals surface area contributed by atoms with E-state index in [1.165, 1.54) is 9.79 Å². The Morgan fingerprint density at radius 1 is 1.33 bits per heavy atom. The summed E-state index contributed by atoms with van der Waals surface area (Å²) < 4.78 is 25.9. The van der Waals surface area contributed by atoms with Gasteiger partial charge < -0.3 is 0 Å². The van der Waals surface area contributed by atoms with Crippen molar-refractivity contribution >= 4 is 68.4 Å². The van der Waals surface area contributed by atoms with E-state index in [0.717, 1.165) is 37.6 Å². The molecule has 0 N–H and O–H groups in total. The van der Waals surface area contributed by atoms with Crippen molar-refractivity contribution in [3.05, 3.63) is 24.8 Å². The van der Waals surface area contributed by atoms with Crippen LogP contribution in [0.3, 0.4) is 0 Å². The van der Waals surface area contributed by atoms with Crippen LogP contribution in [0.25, 0.3) is 0 Å². The van der Waals surface area contributed by atoms with Crippen LogP contribution < -0.4 is 0 Å². The standard InChI is InChI=1S/C15H23Cl4NO2S2/c1-3-5-8-12-9-6-7-10-13(12)24(21,22)20(11-4-2)23-15(18,19)14(16)17/h3-5,12-14H,2,6-11H2,1H3. The first-order valence-corrected chi connectivity index (χ1v) is 11.7. The second-order valence-electron chi connectivity index (χ2n) is 5.66. The fourth-order valence-electron chi connectivity index (χ4n) is 2.77. The second-order valence-corrected chi connectivity index (χ2v) is 12.2. The van der Waals surface area contributed by atoms with Crippen LogP contribution in [-0.2, 0) is 10.0 Å². The van der Waals surface area contributed by atoms with Gasteiger partial charge in [0.2, 0.25) is 13.7 Å². The molecule has 0 aromatic heterocycles. The third-order valence-corrected chi connectivity index (χ3v) is 9.93. The largest absolute Gasteiger partial charge is 0.226 e. The number of alkyl halides is 4. The Morgan fingerprint density at radius 2 is 1.96 bits per heavy atom. The third-order valence-electron chi connectivity index (χ3n) is 3.94. The zero-order chi connectivity index (χ0) is 18.4. The molecule has 2 unspecified atom stereocenters. The third kappa shape index (κ3) is 6.26. The molecule has 140 valence electrons. The Hall–Kier alpha value is 0.900. The van der Waals surface area contributed by atoms with Crippen molar-refractivity contribution < 1.29 is 8.42 Å². The van der Waals surface area contributed by atoms with Crippen LogP contribution in [0.2, 0.25) is 0 Å². The van der Waals surface area contributed by atoms with E-state index in [4.69, 9.17) is 46.4 Å². The minimum Gasteiger partial charge on any atom is -0.211 e. The summed E-state index contributed by atoms with van der Waals surface area (Å²) in [7, 11) is -3.63. The highest BCUT2D eigenvalue weighted by atomic mass is 35.5. The molecule has 9 heteroatoms. The van der Waals surface area contributed by atoms with Crippen LogP contribution in [-0.4, -0.2) is 32.4 Å². The average molecular weight is 455 g/mol. The van der Waals surface area contributed by atoms with Crippen LogP contribution in [0.15, 0.2) is 24.8 Å².